The van der Waals surface area contributed by atoms with Gasteiger partial charge in [-0.1, -0.05) is 54.5 Å². The van der Waals surface area contributed by atoms with Crippen molar-refractivity contribution in [3.05, 3.63) is 46.4 Å². The van der Waals surface area contributed by atoms with Crippen LogP contribution in [-0.2, 0) is 15.6 Å². The molecule has 1 amide bonds. The molecule has 5 heteroatoms. The SMILES string of the molecule is C/C=C1/N=CC(C(=O)Nc2cc(O)c(C(C)(C)C)cc2C(C)(C)C)=C(O)C1CC. The summed E-state index contributed by atoms with van der Waals surface area (Å²) in [4.78, 5) is 17.3. The van der Waals surface area contributed by atoms with E-state index in [4.69, 9.17) is 0 Å². The average Bonchev–Trinajstić information content (AvgIpc) is 2.58. The van der Waals surface area contributed by atoms with Crippen LogP contribution in [-0.4, -0.2) is 22.3 Å². The molecule has 0 bridgehead atoms. The van der Waals surface area contributed by atoms with Gasteiger partial charge in [-0.05, 0) is 41.4 Å². The Morgan fingerprint density at radius 3 is 2.17 bits per heavy atom. The summed E-state index contributed by atoms with van der Waals surface area (Å²) in [6, 6.07) is 3.56. The van der Waals surface area contributed by atoms with Crippen molar-refractivity contribution in [3.63, 3.8) is 0 Å². The smallest absolute Gasteiger partial charge is 0.260 e. The van der Waals surface area contributed by atoms with Crippen LogP contribution in [0.15, 0.2) is 40.2 Å². The number of anilines is 1. The van der Waals surface area contributed by atoms with Gasteiger partial charge >= 0.3 is 0 Å². The highest BCUT2D eigenvalue weighted by molar-refractivity contribution is 6.19. The van der Waals surface area contributed by atoms with Gasteiger partial charge in [-0.25, -0.2) is 0 Å². The van der Waals surface area contributed by atoms with Crippen molar-refractivity contribution >= 4 is 17.8 Å². The number of nitrogens with zero attached hydrogens (tertiary/aromatic N) is 1. The highest BCUT2D eigenvalue weighted by atomic mass is 16.3. The van der Waals surface area contributed by atoms with Crippen molar-refractivity contribution in [3.8, 4) is 5.75 Å². The first-order valence-electron chi connectivity index (χ1n) is 10.1. The molecule has 158 valence electrons. The number of hydrogen-bond donors (Lipinski definition) is 3. The second-order valence-corrected chi connectivity index (χ2v) is 9.60. The van der Waals surface area contributed by atoms with Crippen LogP contribution in [0.4, 0.5) is 5.69 Å². The number of phenolic OH excluding ortho intramolecular Hbond substituents is 1. The lowest BCUT2D eigenvalue weighted by Crippen LogP contribution is -2.25. The molecule has 29 heavy (non-hydrogen) atoms. The molecule has 0 saturated carbocycles. The van der Waals surface area contributed by atoms with Gasteiger partial charge < -0.3 is 15.5 Å². The Kier molecular flexibility index (Phi) is 6.31. The number of dihydropyridines is 1. The van der Waals surface area contributed by atoms with Gasteiger partial charge in [-0.15, -0.1) is 0 Å². The molecular formula is C24H34N2O3. The first-order valence-corrected chi connectivity index (χ1v) is 10.1. The van der Waals surface area contributed by atoms with Crippen LogP contribution in [0.25, 0.3) is 0 Å². The number of amides is 1. The van der Waals surface area contributed by atoms with E-state index >= 15 is 0 Å². The van der Waals surface area contributed by atoms with E-state index in [0.717, 1.165) is 16.8 Å². The molecule has 3 N–H and O–H groups in total. The minimum atomic E-state index is -0.437. The number of aromatic hydroxyl groups is 1. The molecule has 1 atom stereocenters. The first-order chi connectivity index (χ1) is 13.3. The van der Waals surface area contributed by atoms with Crippen LogP contribution in [0.3, 0.4) is 0 Å². The van der Waals surface area contributed by atoms with Crippen LogP contribution < -0.4 is 5.32 Å². The Morgan fingerprint density at radius 1 is 1.10 bits per heavy atom. The number of aliphatic hydroxyl groups is 1. The van der Waals surface area contributed by atoms with Gasteiger partial charge in [0.05, 0.1) is 11.5 Å². The number of benzene rings is 1. The number of hydrogen-bond acceptors (Lipinski definition) is 4. The predicted molar refractivity (Wildman–Crippen MR) is 120 cm³/mol. The summed E-state index contributed by atoms with van der Waals surface area (Å²) in [6.45, 7) is 16.1. The van der Waals surface area contributed by atoms with Crippen molar-refractivity contribution < 1.29 is 15.0 Å². The molecule has 0 radical (unpaired) electrons. The van der Waals surface area contributed by atoms with Crippen LogP contribution in [0.1, 0.15) is 72.9 Å². The van der Waals surface area contributed by atoms with Gasteiger partial charge in [-0.2, -0.15) is 0 Å². The fourth-order valence-electron chi connectivity index (χ4n) is 3.58. The van der Waals surface area contributed by atoms with Crippen LogP contribution >= 0.6 is 0 Å². The minimum Gasteiger partial charge on any atom is -0.511 e. The summed E-state index contributed by atoms with van der Waals surface area (Å²) in [7, 11) is 0. The van der Waals surface area contributed by atoms with Gasteiger partial charge in [0, 0.05) is 23.7 Å². The highest BCUT2D eigenvalue weighted by Crippen LogP contribution is 2.40. The largest absolute Gasteiger partial charge is 0.511 e. The number of allylic oxidation sites excluding steroid dienone is 1. The predicted octanol–water partition coefficient (Wildman–Crippen LogP) is 5.75. The number of rotatable bonds is 3. The van der Waals surface area contributed by atoms with Crippen molar-refractivity contribution in [2.45, 2.75) is 72.6 Å². The van der Waals surface area contributed by atoms with Gasteiger partial charge in [0.2, 0.25) is 0 Å². The Balaban J connectivity index is 2.50. The van der Waals surface area contributed by atoms with Gasteiger partial charge in [0.15, 0.2) is 0 Å². The van der Waals surface area contributed by atoms with E-state index in [1.165, 1.54) is 6.21 Å². The lowest BCUT2D eigenvalue weighted by atomic mass is 9.79. The third-order valence-electron chi connectivity index (χ3n) is 5.25. The normalized spacial score (nSPS) is 19.0. The zero-order chi connectivity index (χ0) is 22.1. The Labute approximate surface area is 174 Å². The van der Waals surface area contributed by atoms with E-state index in [1.807, 2.05) is 46.8 Å². The van der Waals surface area contributed by atoms with E-state index in [2.05, 4.69) is 31.1 Å². The van der Waals surface area contributed by atoms with Crippen molar-refractivity contribution in [1.82, 2.24) is 0 Å². The zero-order valence-corrected chi connectivity index (χ0v) is 18.8. The molecule has 1 aromatic carbocycles. The summed E-state index contributed by atoms with van der Waals surface area (Å²) >= 11 is 0. The molecule has 5 nitrogen and oxygen atoms in total. The maximum Gasteiger partial charge on any atom is 0.260 e. The summed E-state index contributed by atoms with van der Waals surface area (Å²) in [5, 5.41) is 24.1. The molecule has 0 spiro atoms. The second kappa shape index (κ2) is 8.05. The molecule has 1 unspecified atom stereocenters. The van der Waals surface area contributed by atoms with Crippen molar-refractivity contribution in [2.75, 3.05) is 5.32 Å². The van der Waals surface area contributed by atoms with Gasteiger partial charge in [0.25, 0.3) is 5.91 Å². The van der Waals surface area contributed by atoms with E-state index in [1.54, 1.807) is 6.07 Å². The summed E-state index contributed by atoms with van der Waals surface area (Å²) in [6.07, 6.45) is 3.90. The molecule has 0 saturated heterocycles. The molecular weight excluding hydrogens is 364 g/mol. The third kappa shape index (κ3) is 4.72. The number of phenols is 1. The lowest BCUT2D eigenvalue weighted by molar-refractivity contribution is -0.112. The monoisotopic (exact) mass is 398 g/mol. The molecule has 0 fully saturated rings. The molecule has 0 aromatic heterocycles. The van der Waals surface area contributed by atoms with E-state index in [-0.39, 0.29) is 33.8 Å². The van der Waals surface area contributed by atoms with E-state index < -0.39 is 5.91 Å². The average molecular weight is 399 g/mol. The molecule has 1 aromatic rings. The third-order valence-corrected chi connectivity index (χ3v) is 5.25. The van der Waals surface area contributed by atoms with Gasteiger partial charge in [-0.3, -0.25) is 9.79 Å². The van der Waals surface area contributed by atoms with Crippen LogP contribution in [0.2, 0.25) is 0 Å². The van der Waals surface area contributed by atoms with Crippen LogP contribution in [0, 0.1) is 5.92 Å². The Hall–Kier alpha value is -2.56. The van der Waals surface area contributed by atoms with E-state index in [9.17, 15) is 15.0 Å². The van der Waals surface area contributed by atoms with Crippen LogP contribution in [0.5, 0.6) is 5.75 Å². The first kappa shape index (κ1) is 22.7. The molecule has 1 heterocycles. The van der Waals surface area contributed by atoms with Crippen molar-refractivity contribution in [2.24, 2.45) is 10.9 Å². The van der Waals surface area contributed by atoms with E-state index in [0.29, 0.717) is 12.1 Å². The standard InChI is InChI=1S/C24H34N2O3/c1-9-14-18(10-2)25-13-15(21(14)28)22(29)26-19-12-20(27)17(24(6,7)8)11-16(19)23(3,4)5/h10-14,27-28H,9H2,1-8H3,(H,26,29)/b18-10+. The number of nitrogens with one attached hydrogen (secondary N) is 1. The van der Waals surface area contributed by atoms with Crippen molar-refractivity contribution in [1.29, 1.82) is 0 Å². The highest BCUT2D eigenvalue weighted by Gasteiger charge is 2.29. The number of aliphatic imine (C=N–C) groups is 1. The molecule has 1 aliphatic heterocycles. The number of carbonyl (C=O) groups is 1. The number of carbonyl (C=O) groups excluding carboxylic acids is 1. The van der Waals surface area contributed by atoms with Gasteiger partial charge in [0.1, 0.15) is 11.5 Å². The summed E-state index contributed by atoms with van der Waals surface area (Å²) in [5.41, 5.74) is 2.70. The zero-order valence-electron chi connectivity index (χ0n) is 18.8. The quantitative estimate of drug-likeness (QED) is 0.606. The second-order valence-electron chi connectivity index (χ2n) is 9.60. The molecule has 2 rings (SSSR count). The fourth-order valence-corrected chi connectivity index (χ4v) is 3.58. The summed E-state index contributed by atoms with van der Waals surface area (Å²) < 4.78 is 0. The Bertz CT molecular complexity index is 894. The number of aliphatic hydroxyl groups excluding tert-OH is 1. The maximum atomic E-state index is 13.0. The molecule has 0 aliphatic carbocycles. The lowest BCUT2D eigenvalue weighted by Gasteiger charge is -2.28. The molecule has 1 aliphatic rings. The Morgan fingerprint density at radius 2 is 1.69 bits per heavy atom. The maximum absolute atomic E-state index is 13.0. The fraction of sp³-hybridized carbons (Fsp3) is 0.500. The topological polar surface area (TPSA) is 81.9 Å². The minimum absolute atomic E-state index is 0.0287. The summed E-state index contributed by atoms with van der Waals surface area (Å²) in [5.74, 6) is -0.558.